The third-order valence-corrected chi connectivity index (χ3v) is 15.8. The van der Waals surface area contributed by atoms with E-state index in [1.54, 1.807) is 0 Å². The first-order chi connectivity index (χ1) is 24.7. The Kier molecular flexibility index (Phi) is 7.35. The number of hydrogen-bond donors (Lipinski definition) is 0. The molecule has 0 N–H and O–H groups in total. The van der Waals surface area contributed by atoms with Crippen LogP contribution >= 0.6 is 11.3 Å². The van der Waals surface area contributed by atoms with Gasteiger partial charge in [-0.2, -0.15) is 0 Å². The van der Waals surface area contributed by atoms with Crippen LogP contribution in [0.4, 0.5) is 28.4 Å². The van der Waals surface area contributed by atoms with Crippen molar-refractivity contribution in [1.29, 1.82) is 0 Å². The van der Waals surface area contributed by atoms with Gasteiger partial charge in [-0.05, 0) is 135 Å². The van der Waals surface area contributed by atoms with Crippen LogP contribution in [0.25, 0.3) is 10.1 Å². The normalized spacial score (nSPS) is 23.1. The lowest BCUT2D eigenvalue weighted by atomic mass is 9.36. The molecule has 2 aliphatic carbocycles. The zero-order chi connectivity index (χ0) is 37.8. The minimum atomic E-state index is 0.0455. The van der Waals surface area contributed by atoms with E-state index in [1.807, 2.05) is 11.3 Å². The van der Waals surface area contributed by atoms with Gasteiger partial charge in [0.25, 0.3) is 6.71 Å². The Hall–Kier alpha value is -3.50. The van der Waals surface area contributed by atoms with E-state index in [1.165, 1.54) is 95.7 Å². The van der Waals surface area contributed by atoms with Crippen LogP contribution in [-0.4, -0.2) is 12.8 Å². The molecule has 3 unspecified atom stereocenters. The van der Waals surface area contributed by atoms with Gasteiger partial charge in [-0.25, -0.2) is 0 Å². The smallest absolute Gasteiger partial charge is 0.264 e. The average molecular weight is 719 g/mol. The summed E-state index contributed by atoms with van der Waals surface area (Å²) in [6, 6.07) is 29.8. The molecule has 0 radical (unpaired) electrons. The van der Waals surface area contributed by atoms with E-state index in [9.17, 15) is 0 Å². The second-order valence-electron chi connectivity index (χ2n) is 21.1. The quantitative estimate of drug-likeness (QED) is 0.165. The van der Waals surface area contributed by atoms with E-state index in [-0.39, 0.29) is 28.4 Å². The van der Waals surface area contributed by atoms with Crippen molar-refractivity contribution in [1.82, 2.24) is 0 Å². The van der Waals surface area contributed by atoms with Crippen LogP contribution in [0.3, 0.4) is 0 Å². The summed E-state index contributed by atoms with van der Waals surface area (Å²) in [5.74, 6) is 0.757. The molecule has 0 spiro atoms. The standard InChI is InChI=1S/C49H59BN2S/c1-29-23-38-42-39(24-29)52(41-28-33-21-22-49(41,13)48(33,11)12)37-27-32(47(8,9)10)17-19-36(37)50(42)44-43(35-26-31(46(5,6)7)18-20-40(35)53-44)51(38)34-16-14-15-30(25-34)45(2,3)4/h14-20,23-27,33,41H,21-22,28H2,1-13H3. The van der Waals surface area contributed by atoms with Crippen molar-refractivity contribution in [3.8, 4) is 0 Å². The number of aryl methyl sites for hydroxylation is 1. The fourth-order valence-electron chi connectivity index (χ4n) is 10.8. The Morgan fingerprint density at radius 2 is 1.36 bits per heavy atom. The molecule has 2 nitrogen and oxygen atoms in total. The fraction of sp³-hybridized carbons (Fsp3) is 0.469. The highest BCUT2D eigenvalue weighted by atomic mass is 32.1. The van der Waals surface area contributed by atoms with Gasteiger partial charge in [0.15, 0.2) is 0 Å². The number of nitrogens with zero attached hydrogens (tertiary/aromatic N) is 2. The molecular weight excluding hydrogens is 659 g/mol. The van der Waals surface area contributed by atoms with E-state index in [0.717, 1.165) is 5.92 Å². The first-order valence-electron chi connectivity index (χ1n) is 20.3. The number of anilines is 5. The minimum Gasteiger partial charge on any atom is -0.339 e. The van der Waals surface area contributed by atoms with Gasteiger partial charge in [-0.15, -0.1) is 11.3 Å². The van der Waals surface area contributed by atoms with Crippen LogP contribution < -0.4 is 25.5 Å². The van der Waals surface area contributed by atoms with E-state index in [2.05, 4.69) is 173 Å². The molecule has 2 aliphatic heterocycles. The van der Waals surface area contributed by atoms with Gasteiger partial charge >= 0.3 is 0 Å². The molecule has 4 heteroatoms. The van der Waals surface area contributed by atoms with E-state index in [0.29, 0.717) is 11.5 Å². The predicted octanol–water partition coefficient (Wildman–Crippen LogP) is 12.1. The van der Waals surface area contributed by atoms with Crippen molar-refractivity contribution < 1.29 is 0 Å². The topological polar surface area (TPSA) is 6.48 Å². The molecule has 5 aromatic rings. The van der Waals surface area contributed by atoms with Crippen molar-refractivity contribution >= 4 is 72.3 Å². The van der Waals surface area contributed by atoms with Crippen LogP contribution in [0.2, 0.25) is 0 Å². The third kappa shape index (κ3) is 4.95. The van der Waals surface area contributed by atoms with Gasteiger partial charge in [0.05, 0.1) is 5.69 Å². The average Bonchev–Trinajstić information content (AvgIpc) is 3.62. The van der Waals surface area contributed by atoms with Gasteiger partial charge < -0.3 is 9.80 Å². The van der Waals surface area contributed by atoms with Crippen LogP contribution in [0, 0.1) is 23.7 Å². The first-order valence-corrected chi connectivity index (χ1v) is 21.1. The zero-order valence-electron chi connectivity index (χ0n) is 34.6. The summed E-state index contributed by atoms with van der Waals surface area (Å²) < 4.78 is 2.86. The SMILES string of the molecule is Cc1cc2c3c(c1)N(C1CC4CCC1(C)C4(C)C)c1cc(C(C)(C)C)ccc1B3c1sc3ccc(C(C)(C)C)cc3c1N2c1cccc(C(C)(C)C)c1. The van der Waals surface area contributed by atoms with Crippen LogP contribution in [0.1, 0.15) is 125 Å². The molecule has 4 aliphatic rings. The van der Waals surface area contributed by atoms with Gasteiger partial charge in [0.2, 0.25) is 0 Å². The lowest BCUT2D eigenvalue weighted by molar-refractivity contribution is 0.136. The Bertz CT molecular complexity index is 2320. The minimum absolute atomic E-state index is 0.0455. The Labute approximate surface area is 324 Å². The molecule has 3 atom stereocenters. The van der Waals surface area contributed by atoms with Crippen molar-refractivity contribution in [3.63, 3.8) is 0 Å². The highest BCUT2D eigenvalue weighted by Crippen LogP contribution is 2.68. The maximum absolute atomic E-state index is 2.90. The monoisotopic (exact) mass is 718 g/mol. The summed E-state index contributed by atoms with van der Waals surface area (Å²) >= 11 is 2.03. The molecular formula is C49H59BN2S. The van der Waals surface area contributed by atoms with Crippen molar-refractivity contribution in [2.75, 3.05) is 9.80 Å². The number of hydrogen-bond acceptors (Lipinski definition) is 3. The molecule has 4 aromatic carbocycles. The highest BCUT2D eigenvalue weighted by molar-refractivity contribution is 7.33. The summed E-state index contributed by atoms with van der Waals surface area (Å²) in [7, 11) is 0. The van der Waals surface area contributed by atoms with E-state index >= 15 is 0 Å². The van der Waals surface area contributed by atoms with Crippen LogP contribution in [0.5, 0.6) is 0 Å². The van der Waals surface area contributed by atoms with Crippen molar-refractivity contribution in [2.24, 2.45) is 16.7 Å². The summed E-state index contributed by atoms with van der Waals surface area (Å²) in [5.41, 5.74) is 16.1. The first kappa shape index (κ1) is 35.2. The molecule has 0 amide bonds. The summed E-state index contributed by atoms with van der Waals surface area (Å²) in [4.78, 5) is 5.57. The summed E-state index contributed by atoms with van der Waals surface area (Å²) in [6.07, 6.45) is 3.92. The molecule has 274 valence electrons. The lowest BCUT2D eigenvalue weighted by Crippen LogP contribution is -2.63. The van der Waals surface area contributed by atoms with Crippen LogP contribution in [-0.2, 0) is 16.2 Å². The molecule has 3 heterocycles. The Balaban J connectivity index is 1.39. The largest absolute Gasteiger partial charge is 0.339 e. The maximum atomic E-state index is 2.90. The van der Waals surface area contributed by atoms with Gasteiger partial charge in [-0.1, -0.05) is 113 Å². The summed E-state index contributed by atoms with van der Waals surface area (Å²) in [6.45, 7) is 31.5. The molecule has 9 rings (SSSR count). The second-order valence-corrected chi connectivity index (χ2v) is 22.2. The van der Waals surface area contributed by atoms with E-state index < -0.39 is 0 Å². The zero-order valence-corrected chi connectivity index (χ0v) is 35.4. The molecule has 53 heavy (non-hydrogen) atoms. The number of rotatable bonds is 2. The lowest BCUT2D eigenvalue weighted by Gasteiger charge is -2.50. The highest BCUT2D eigenvalue weighted by Gasteiger charge is 2.64. The summed E-state index contributed by atoms with van der Waals surface area (Å²) in [5, 5.41) is 1.38. The van der Waals surface area contributed by atoms with Crippen molar-refractivity contribution in [2.45, 2.75) is 132 Å². The molecule has 2 saturated carbocycles. The van der Waals surface area contributed by atoms with Gasteiger partial charge in [-0.3, -0.25) is 0 Å². The number of benzene rings is 4. The van der Waals surface area contributed by atoms with Crippen LogP contribution in [0.15, 0.2) is 72.8 Å². The predicted molar refractivity (Wildman–Crippen MR) is 234 cm³/mol. The molecule has 2 bridgehead atoms. The molecule has 2 fully saturated rings. The number of fused-ring (bicyclic) bond motifs is 8. The number of thiophene rings is 1. The van der Waals surface area contributed by atoms with Crippen molar-refractivity contribution in [3.05, 3.63) is 95.1 Å². The van der Waals surface area contributed by atoms with Gasteiger partial charge in [0, 0.05) is 43.7 Å². The second kappa shape index (κ2) is 11.1. The Morgan fingerprint density at radius 3 is 2.00 bits per heavy atom. The Morgan fingerprint density at radius 1 is 0.717 bits per heavy atom. The fourth-order valence-corrected chi connectivity index (χ4v) is 12.1. The van der Waals surface area contributed by atoms with E-state index in [4.69, 9.17) is 0 Å². The molecule has 0 saturated heterocycles. The molecule has 1 aromatic heterocycles. The maximum Gasteiger partial charge on any atom is 0.264 e. The van der Waals surface area contributed by atoms with Gasteiger partial charge in [0.1, 0.15) is 0 Å². The third-order valence-electron chi connectivity index (χ3n) is 14.6.